The van der Waals surface area contributed by atoms with Gasteiger partial charge in [-0.2, -0.15) is 13.2 Å². The predicted octanol–water partition coefficient (Wildman–Crippen LogP) is 1.97. The molecule has 2 heterocycles. The van der Waals surface area contributed by atoms with E-state index in [9.17, 15) is 18.3 Å². The van der Waals surface area contributed by atoms with Gasteiger partial charge in [0, 0.05) is 24.2 Å². The van der Waals surface area contributed by atoms with Crippen LogP contribution < -0.4 is 0 Å². The largest absolute Gasteiger partial charge is 0.416 e. The minimum absolute atomic E-state index is 0.0866. The molecule has 1 atom stereocenters. The summed E-state index contributed by atoms with van der Waals surface area (Å²) in [7, 11) is 0. The van der Waals surface area contributed by atoms with E-state index < -0.39 is 17.8 Å². The van der Waals surface area contributed by atoms with Crippen LogP contribution in [-0.2, 0) is 6.18 Å². The van der Waals surface area contributed by atoms with E-state index in [1.54, 1.807) is 0 Å². The molecule has 0 aliphatic carbocycles. The van der Waals surface area contributed by atoms with E-state index in [0.29, 0.717) is 0 Å². The third kappa shape index (κ3) is 2.45. The van der Waals surface area contributed by atoms with Crippen molar-refractivity contribution in [1.82, 2.24) is 15.0 Å². The van der Waals surface area contributed by atoms with Crippen LogP contribution in [0.15, 0.2) is 37.1 Å². The van der Waals surface area contributed by atoms with Crippen molar-refractivity contribution in [2.45, 2.75) is 12.3 Å². The normalized spacial score (nSPS) is 13.3. The second-order valence-electron chi connectivity index (χ2n) is 3.50. The molecule has 2 aromatic heterocycles. The van der Waals surface area contributed by atoms with Crippen molar-refractivity contribution in [3.8, 4) is 0 Å². The van der Waals surface area contributed by atoms with Gasteiger partial charge in [0.2, 0.25) is 0 Å². The van der Waals surface area contributed by atoms with Gasteiger partial charge in [0.1, 0.15) is 12.4 Å². The molecule has 0 saturated heterocycles. The summed E-state index contributed by atoms with van der Waals surface area (Å²) in [5, 5.41) is 9.91. The summed E-state index contributed by atoms with van der Waals surface area (Å²) in [4.78, 5) is 11.0. The Morgan fingerprint density at radius 3 is 2.44 bits per heavy atom. The highest BCUT2D eigenvalue weighted by atomic mass is 19.4. The SMILES string of the molecule is OC(c1ccncn1)c1cnccc1C(F)(F)F. The van der Waals surface area contributed by atoms with E-state index in [2.05, 4.69) is 15.0 Å². The third-order valence-corrected chi connectivity index (χ3v) is 2.34. The second kappa shape index (κ2) is 4.69. The monoisotopic (exact) mass is 255 g/mol. The van der Waals surface area contributed by atoms with Gasteiger partial charge in [-0.3, -0.25) is 4.98 Å². The van der Waals surface area contributed by atoms with Crippen molar-refractivity contribution in [3.63, 3.8) is 0 Å². The van der Waals surface area contributed by atoms with E-state index in [1.807, 2.05) is 0 Å². The van der Waals surface area contributed by atoms with E-state index in [-0.39, 0.29) is 11.3 Å². The first-order valence-electron chi connectivity index (χ1n) is 4.95. The summed E-state index contributed by atoms with van der Waals surface area (Å²) in [6.07, 6.45) is -1.53. The molecule has 2 rings (SSSR count). The van der Waals surface area contributed by atoms with Crippen LogP contribution in [0.4, 0.5) is 13.2 Å². The lowest BCUT2D eigenvalue weighted by Crippen LogP contribution is -2.13. The number of rotatable bonds is 2. The van der Waals surface area contributed by atoms with Crippen molar-refractivity contribution < 1.29 is 18.3 Å². The zero-order valence-electron chi connectivity index (χ0n) is 8.96. The average Bonchev–Trinajstić information content (AvgIpc) is 2.38. The lowest BCUT2D eigenvalue weighted by molar-refractivity contribution is -0.139. The van der Waals surface area contributed by atoms with Gasteiger partial charge in [0.25, 0.3) is 0 Å². The summed E-state index contributed by atoms with van der Waals surface area (Å²) in [6, 6.07) is 2.16. The Labute approximate surface area is 100 Å². The van der Waals surface area contributed by atoms with Crippen LogP contribution >= 0.6 is 0 Å². The molecule has 0 fully saturated rings. The molecule has 0 aromatic carbocycles. The molecule has 0 bridgehead atoms. The van der Waals surface area contributed by atoms with Crippen LogP contribution in [0.1, 0.15) is 22.9 Å². The second-order valence-corrected chi connectivity index (χ2v) is 3.50. The minimum atomic E-state index is -4.55. The van der Waals surface area contributed by atoms with Crippen LogP contribution in [0.5, 0.6) is 0 Å². The molecular formula is C11H8F3N3O. The molecule has 7 heteroatoms. The van der Waals surface area contributed by atoms with Crippen molar-refractivity contribution in [1.29, 1.82) is 0 Å². The Hall–Kier alpha value is -2.02. The Balaban J connectivity index is 2.46. The molecule has 94 valence electrons. The molecule has 0 radical (unpaired) electrons. The molecule has 2 aromatic rings. The Kier molecular flexibility index (Phi) is 3.24. The Morgan fingerprint density at radius 2 is 1.83 bits per heavy atom. The number of alkyl halides is 3. The summed E-state index contributed by atoms with van der Waals surface area (Å²) in [5.74, 6) is 0. The predicted molar refractivity (Wildman–Crippen MR) is 55.3 cm³/mol. The standard InChI is InChI=1S/C11H8F3N3O/c12-11(13,14)8-1-3-15-5-7(8)10(18)9-2-4-16-6-17-9/h1-6,10,18H. The van der Waals surface area contributed by atoms with Crippen LogP contribution in [-0.4, -0.2) is 20.1 Å². The van der Waals surface area contributed by atoms with Gasteiger partial charge in [0.15, 0.2) is 0 Å². The highest BCUT2D eigenvalue weighted by Gasteiger charge is 2.35. The number of halogens is 3. The lowest BCUT2D eigenvalue weighted by Gasteiger charge is -2.16. The summed E-state index contributed by atoms with van der Waals surface area (Å²) in [6.45, 7) is 0. The van der Waals surface area contributed by atoms with E-state index in [1.165, 1.54) is 12.3 Å². The highest BCUT2D eigenvalue weighted by Crippen LogP contribution is 2.35. The van der Waals surface area contributed by atoms with E-state index in [4.69, 9.17) is 0 Å². The topological polar surface area (TPSA) is 58.9 Å². The van der Waals surface area contributed by atoms with Crippen LogP contribution in [0.2, 0.25) is 0 Å². The molecule has 18 heavy (non-hydrogen) atoms. The van der Waals surface area contributed by atoms with Crippen molar-refractivity contribution >= 4 is 0 Å². The van der Waals surface area contributed by atoms with Crippen molar-refractivity contribution in [3.05, 3.63) is 53.9 Å². The van der Waals surface area contributed by atoms with Crippen molar-refractivity contribution in [2.75, 3.05) is 0 Å². The van der Waals surface area contributed by atoms with Gasteiger partial charge in [-0.05, 0) is 12.1 Å². The van der Waals surface area contributed by atoms with E-state index in [0.717, 1.165) is 24.8 Å². The number of aliphatic hydroxyl groups excluding tert-OH is 1. The van der Waals surface area contributed by atoms with Gasteiger partial charge in [-0.25, -0.2) is 9.97 Å². The van der Waals surface area contributed by atoms with E-state index >= 15 is 0 Å². The first-order valence-corrected chi connectivity index (χ1v) is 4.95. The molecule has 1 N–H and O–H groups in total. The average molecular weight is 255 g/mol. The molecule has 0 aliphatic rings. The fraction of sp³-hybridized carbons (Fsp3) is 0.182. The molecule has 1 unspecified atom stereocenters. The number of hydrogen-bond acceptors (Lipinski definition) is 4. The van der Waals surface area contributed by atoms with Gasteiger partial charge in [-0.15, -0.1) is 0 Å². The fourth-order valence-electron chi connectivity index (χ4n) is 1.50. The number of pyridine rings is 1. The zero-order chi connectivity index (χ0) is 13.2. The zero-order valence-corrected chi connectivity index (χ0v) is 8.96. The van der Waals surface area contributed by atoms with Gasteiger partial charge < -0.3 is 5.11 Å². The quantitative estimate of drug-likeness (QED) is 0.891. The lowest BCUT2D eigenvalue weighted by atomic mass is 10.0. The van der Waals surface area contributed by atoms with Gasteiger partial charge in [0.05, 0.1) is 11.3 Å². The molecule has 0 aliphatic heterocycles. The number of aliphatic hydroxyl groups is 1. The molecule has 0 saturated carbocycles. The summed E-state index contributed by atoms with van der Waals surface area (Å²) in [5.41, 5.74) is -1.17. The smallest absolute Gasteiger partial charge is 0.382 e. The molecular weight excluding hydrogens is 247 g/mol. The molecule has 4 nitrogen and oxygen atoms in total. The highest BCUT2D eigenvalue weighted by molar-refractivity contribution is 5.32. The fourth-order valence-corrected chi connectivity index (χ4v) is 1.50. The summed E-state index contributed by atoms with van der Waals surface area (Å²) < 4.78 is 38.3. The number of nitrogens with zero attached hydrogens (tertiary/aromatic N) is 3. The molecule has 0 amide bonds. The first-order chi connectivity index (χ1) is 8.50. The minimum Gasteiger partial charge on any atom is -0.382 e. The van der Waals surface area contributed by atoms with Gasteiger partial charge in [-0.1, -0.05) is 0 Å². The van der Waals surface area contributed by atoms with Crippen LogP contribution in [0.3, 0.4) is 0 Å². The number of aromatic nitrogens is 3. The Bertz CT molecular complexity index is 531. The first kappa shape index (κ1) is 12.4. The van der Waals surface area contributed by atoms with Crippen LogP contribution in [0.25, 0.3) is 0 Å². The maximum Gasteiger partial charge on any atom is 0.416 e. The van der Waals surface area contributed by atoms with Crippen molar-refractivity contribution in [2.24, 2.45) is 0 Å². The summed E-state index contributed by atoms with van der Waals surface area (Å²) >= 11 is 0. The molecule has 0 spiro atoms. The van der Waals surface area contributed by atoms with Crippen LogP contribution in [0, 0.1) is 0 Å². The maximum absolute atomic E-state index is 12.8. The third-order valence-electron chi connectivity index (χ3n) is 2.34. The number of hydrogen-bond donors (Lipinski definition) is 1. The Morgan fingerprint density at radius 1 is 1.11 bits per heavy atom. The van der Waals surface area contributed by atoms with Gasteiger partial charge >= 0.3 is 6.18 Å². The maximum atomic E-state index is 12.8.